The summed E-state index contributed by atoms with van der Waals surface area (Å²) in [6.07, 6.45) is 2.68. The molecule has 1 aromatic heterocycles. The highest BCUT2D eigenvalue weighted by molar-refractivity contribution is 5.94. The zero-order chi connectivity index (χ0) is 24.1. The molecule has 176 valence electrons. The van der Waals surface area contributed by atoms with Crippen molar-refractivity contribution in [2.24, 2.45) is 17.4 Å². The van der Waals surface area contributed by atoms with Crippen LogP contribution in [-0.2, 0) is 9.59 Å². The van der Waals surface area contributed by atoms with Gasteiger partial charge in [-0.25, -0.2) is 4.98 Å². The summed E-state index contributed by atoms with van der Waals surface area (Å²) in [5, 5.41) is 2.59. The van der Waals surface area contributed by atoms with Gasteiger partial charge in [0.1, 0.15) is 11.6 Å². The van der Waals surface area contributed by atoms with Crippen LogP contribution in [0.3, 0.4) is 0 Å². The summed E-state index contributed by atoms with van der Waals surface area (Å²) in [4.78, 5) is 27.0. The van der Waals surface area contributed by atoms with Crippen molar-refractivity contribution in [3.63, 3.8) is 0 Å². The normalized spacial score (nSPS) is 11.3. The molecule has 0 aliphatic carbocycles. The fourth-order valence-corrected chi connectivity index (χ4v) is 2.49. The molecule has 0 saturated carbocycles. The van der Waals surface area contributed by atoms with Gasteiger partial charge in [-0.1, -0.05) is 32.4 Å². The molecule has 1 amide bonds. The maximum atomic E-state index is 11.7. The lowest BCUT2D eigenvalue weighted by Crippen LogP contribution is -2.35. The SMILES string of the molecule is CC(C)CC(=O)Oc1ccccc1N.NCCCCC(N)C(=O)Nc1ccc(N)c(N)n1. The van der Waals surface area contributed by atoms with Crippen molar-refractivity contribution in [3.05, 3.63) is 36.4 Å². The monoisotopic (exact) mass is 445 g/mol. The van der Waals surface area contributed by atoms with Crippen molar-refractivity contribution >= 4 is 34.9 Å². The van der Waals surface area contributed by atoms with Crippen molar-refractivity contribution < 1.29 is 14.3 Å². The van der Waals surface area contributed by atoms with E-state index in [0.29, 0.717) is 48.2 Å². The Balaban J connectivity index is 0.000000330. The molecule has 1 aromatic carbocycles. The third kappa shape index (κ3) is 10.1. The van der Waals surface area contributed by atoms with Crippen molar-refractivity contribution in [1.82, 2.24) is 4.98 Å². The average Bonchev–Trinajstić information content (AvgIpc) is 2.72. The number of carbonyl (C=O) groups excluding carboxylic acids is 2. The van der Waals surface area contributed by atoms with Gasteiger partial charge in [-0.2, -0.15) is 0 Å². The first-order chi connectivity index (χ1) is 15.1. The Bertz CT molecular complexity index is 874. The molecule has 11 N–H and O–H groups in total. The van der Waals surface area contributed by atoms with Gasteiger partial charge in [-0.15, -0.1) is 0 Å². The Morgan fingerprint density at radius 3 is 2.31 bits per heavy atom. The number of unbranched alkanes of at least 4 members (excludes halogenated alkanes) is 1. The number of nitrogens with two attached hydrogens (primary N) is 5. The van der Waals surface area contributed by atoms with Crippen molar-refractivity contribution in [2.45, 2.75) is 45.6 Å². The number of nitrogen functional groups attached to an aromatic ring is 3. The third-order valence-corrected chi connectivity index (χ3v) is 4.23. The zero-order valence-electron chi connectivity index (χ0n) is 18.7. The molecule has 10 nitrogen and oxygen atoms in total. The Kier molecular flexibility index (Phi) is 11.5. The Labute approximate surface area is 188 Å². The predicted octanol–water partition coefficient (Wildman–Crippen LogP) is 1.86. The average molecular weight is 446 g/mol. The summed E-state index contributed by atoms with van der Waals surface area (Å²) in [5.41, 5.74) is 28.7. The first-order valence-corrected chi connectivity index (χ1v) is 10.5. The van der Waals surface area contributed by atoms with Crippen LogP contribution in [0.25, 0.3) is 0 Å². The van der Waals surface area contributed by atoms with E-state index in [1.165, 1.54) is 0 Å². The lowest BCUT2D eigenvalue weighted by molar-refractivity contribution is -0.135. The Morgan fingerprint density at radius 2 is 1.72 bits per heavy atom. The number of nitrogens with one attached hydrogen (secondary N) is 1. The summed E-state index contributed by atoms with van der Waals surface area (Å²) in [5.74, 6) is 0.748. The van der Waals surface area contributed by atoms with Crippen LogP contribution in [0.5, 0.6) is 5.75 Å². The molecule has 1 heterocycles. The maximum Gasteiger partial charge on any atom is 0.311 e. The number of anilines is 4. The molecule has 0 bridgehead atoms. The largest absolute Gasteiger partial charge is 0.424 e. The van der Waals surface area contributed by atoms with Crippen LogP contribution < -0.4 is 38.7 Å². The van der Waals surface area contributed by atoms with Gasteiger partial charge in [0.25, 0.3) is 0 Å². The first-order valence-electron chi connectivity index (χ1n) is 10.5. The van der Waals surface area contributed by atoms with Crippen molar-refractivity contribution in [1.29, 1.82) is 0 Å². The standard InChI is InChI=1S/C11H20N6O.C11H15NO2/c12-6-2-1-3-8(14)11(18)17-9-5-4-7(13)10(15)16-9;1-8(2)7-11(13)14-10-6-4-3-5-9(10)12/h4-5,8H,1-3,6,12-14H2,(H3,15,16,17,18);3-6,8H,7,12H2,1-2H3. The number of hydrogen-bond acceptors (Lipinski definition) is 9. The molecule has 0 saturated heterocycles. The van der Waals surface area contributed by atoms with Crippen molar-refractivity contribution in [3.8, 4) is 5.75 Å². The molecule has 32 heavy (non-hydrogen) atoms. The number of nitrogens with zero attached hydrogens (tertiary/aromatic N) is 1. The molecule has 0 fully saturated rings. The lowest BCUT2D eigenvalue weighted by atomic mass is 10.1. The van der Waals surface area contributed by atoms with Gasteiger partial charge in [0.05, 0.1) is 17.4 Å². The third-order valence-electron chi connectivity index (χ3n) is 4.23. The highest BCUT2D eigenvalue weighted by Crippen LogP contribution is 2.20. The molecule has 0 radical (unpaired) electrons. The van der Waals surface area contributed by atoms with E-state index in [2.05, 4.69) is 10.3 Å². The second-order valence-corrected chi connectivity index (χ2v) is 7.66. The molecule has 0 aliphatic heterocycles. The van der Waals surface area contributed by atoms with Gasteiger partial charge in [-0.05, 0) is 49.6 Å². The van der Waals surface area contributed by atoms with Crippen LogP contribution in [-0.4, -0.2) is 29.4 Å². The number of para-hydroxylation sites is 2. The number of amides is 1. The minimum Gasteiger partial charge on any atom is -0.424 e. The summed E-state index contributed by atoms with van der Waals surface area (Å²) < 4.78 is 5.09. The zero-order valence-corrected chi connectivity index (χ0v) is 18.7. The lowest BCUT2D eigenvalue weighted by Gasteiger charge is -2.12. The molecule has 0 aliphatic rings. The molecule has 10 heteroatoms. The molecule has 0 spiro atoms. The first kappa shape index (κ1) is 26.7. The fourth-order valence-electron chi connectivity index (χ4n) is 2.49. The molecule has 2 rings (SSSR count). The molecule has 2 aromatic rings. The van der Waals surface area contributed by atoms with E-state index < -0.39 is 6.04 Å². The summed E-state index contributed by atoms with van der Waals surface area (Å²) in [7, 11) is 0. The smallest absolute Gasteiger partial charge is 0.311 e. The van der Waals surface area contributed by atoms with Gasteiger partial charge in [0, 0.05) is 6.42 Å². The number of benzene rings is 1. The second-order valence-electron chi connectivity index (χ2n) is 7.66. The number of ether oxygens (including phenoxy) is 1. The number of carbonyl (C=O) groups is 2. The van der Waals surface area contributed by atoms with Crippen LogP contribution >= 0.6 is 0 Å². The number of aromatic nitrogens is 1. The van der Waals surface area contributed by atoms with E-state index in [9.17, 15) is 9.59 Å². The van der Waals surface area contributed by atoms with Gasteiger partial charge in [-0.3, -0.25) is 9.59 Å². The van der Waals surface area contributed by atoms with Gasteiger partial charge >= 0.3 is 5.97 Å². The topological polar surface area (TPSA) is 198 Å². The Hall–Kier alpha value is -3.37. The van der Waals surface area contributed by atoms with Gasteiger partial charge in [0.2, 0.25) is 5.91 Å². The highest BCUT2D eigenvalue weighted by Gasteiger charge is 2.14. The minimum absolute atomic E-state index is 0.185. The van der Waals surface area contributed by atoms with E-state index in [1.807, 2.05) is 13.8 Å². The van der Waals surface area contributed by atoms with Gasteiger partial charge < -0.3 is 38.7 Å². The van der Waals surface area contributed by atoms with Crippen LogP contribution in [0.2, 0.25) is 0 Å². The summed E-state index contributed by atoms with van der Waals surface area (Å²) in [6.45, 7) is 4.54. The van der Waals surface area contributed by atoms with Crippen LogP contribution in [0.4, 0.5) is 23.0 Å². The van der Waals surface area contributed by atoms with Crippen molar-refractivity contribution in [2.75, 3.05) is 29.1 Å². The second kappa shape index (κ2) is 13.8. The number of hydrogen-bond donors (Lipinski definition) is 6. The van der Waals surface area contributed by atoms with E-state index >= 15 is 0 Å². The molecular weight excluding hydrogens is 410 g/mol. The maximum absolute atomic E-state index is 11.7. The van der Waals surface area contributed by atoms with Crippen LogP contribution in [0.15, 0.2) is 36.4 Å². The number of rotatable bonds is 9. The van der Waals surface area contributed by atoms with E-state index in [0.717, 1.165) is 12.8 Å². The van der Waals surface area contributed by atoms with E-state index in [-0.39, 0.29) is 17.7 Å². The predicted molar refractivity (Wildman–Crippen MR) is 129 cm³/mol. The van der Waals surface area contributed by atoms with Gasteiger partial charge in [0.15, 0.2) is 5.75 Å². The quantitative estimate of drug-likeness (QED) is 0.144. The summed E-state index contributed by atoms with van der Waals surface area (Å²) in [6, 6.07) is 9.57. The molecule has 1 unspecified atom stereocenters. The molecule has 1 atom stereocenters. The number of pyridine rings is 1. The highest BCUT2D eigenvalue weighted by atomic mass is 16.5. The summed E-state index contributed by atoms with van der Waals surface area (Å²) >= 11 is 0. The number of esters is 1. The minimum atomic E-state index is -0.572. The van der Waals surface area contributed by atoms with E-state index in [1.54, 1.807) is 36.4 Å². The van der Waals surface area contributed by atoms with Crippen LogP contribution in [0, 0.1) is 5.92 Å². The fraction of sp³-hybridized carbons (Fsp3) is 0.409. The Morgan fingerprint density at radius 1 is 1.03 bits per heavy atom. The van der Waals surface area contributed by atoms with E-state index in [4.69, 9.17) is 33.4 Å². The van der Waals surface area contributed by atoms with Crippen LogP contribution in [0.1, 0.15) is 39.5 Å². The molecular formula is C22H35N7O3.